The van der Waals surface area contributed by atoms with Crippen LogP contribution >= 0.6 is 12.6 Å². The molecular weight excluding hydrogens is 504 g/mol. The summed E-state index contributed by atoms with van der Waals surface area (Å²) in [4.78, 5) is 67.9. The molecule has 13 nitrogen and oxygen atoms in total. The van der Waals surface area contributed by atoms with Crippen molar-refractivity contribution in [3.05, 3.63) is 54.1 Å². The number of nitrogens with two attached hydrogens (primary N) is 1. The van der Waals surface area contributed by atoms with Crippen LogP contribution in [0.2, 0.25) is 0 Å². The highest BCUT2D eigenvalue weighted by Gasteiger charge is 2.31. The Balaban J connectivity index is 2.25. The highest BCUT2D eigenvalue weighted by molar-refractivity contribution is 7.80. The SMILES string of the molecule is NC(CS)C(=O)NC(Cc1ccccc1)C(=O)NC(Cc1cnc[nH]1)C(=O)NC(CCC(=O)O)C(=O)O. The van der Waals surface area contributed by atoms with E-state index in [9.17, 15) is 29.1 Å². The predicted molar refractivity (Wildman–Crippen MR) is 135 cm³/mol. The van der Waals surface area contributed by atoms with Crippen molar-refractivity contribution in [2.75, 3.05) is 5.75 Å². The third kappa shape index (κ3) is 9.93. The Morgan fingerprint density at radius 2 is 1.51 bits per heavy atom. The summed E-state index contributed by atoms with van der Waals surface area (Å²) in [5, 5.41) is 25.7. The second-order valence-corrected chi connectivity index (χ2v) is 8.58. The first kappa shape index (κ1) is 29.3. The number of aromatic amines is 1. The van der Waals surface area contributed by atoms with Crippen LogP contribution in [0.25, 0.3) is 0 Å². The number of nitrogens with zero attached hydrogens (tertiary/aromatic N) is 1. The normalized spacial score (nSPS) is 14.0. The largest absolute Gasteiger partial charge is 0.481 e. The number of aliphatic carboxylic acids is 2. The number of imidazole rings is 1. The molecule has 1 aromatic carbocycles. The van der Waals surface area contributed by atoms with Crippen LogP contribution in [0.1, 0.15) is 24.1 Å². The number of hydrogen-bond donors (Lipinski definition) is 8. The maximum absolute atomic E-state index is 13.3. The molecular formula is C23H30N6O7S. The summed E-state index contributed by atoms with van der Waals surface area (Å²) in [6, 6.07) is 4.02. The van der Waals surface area contributed by atoms with Crippen LogP contribution in [0.4, 0.5) is 0 Å². The van der Waals surface area contributed by atoms with Crippen molar-refractivity contribution in [1.82, 2.24) is 25.9 Å². The van der Waals surface area contributed by atoms with Gasteiger partial charge in [0.05, 0.1) is 12.4 Å². The second kappa shape index (κ2) is 14.6. The van der Waals surface area contributed by atoms with E-state index in [1.54, 1.807) is 30.3 Å². The zero-order valence-electron chi connectivity index (χ0n) is 19.8. The van der Waals surface area contributed by atoms with Gasteiger partial charge in [-0.3, -0.25) is 19.2 Å². The fourth-order valence-electron chi connectivity index (χ4n) is 3.32. The van der Waals surface area contributed by atoms with Gasteiger partial charge in [-0.1, -0.05) is 30.3 Å². The van der Waals surface area contributed by atoms with Crippen LogP contribution in [0.3, 0.4) is 0 Å². The molecule has 0 aliphatic carbocycles. The van der Waals surface area contributed by atoms with Crippen LogP contribution in [0, 0.1) is 0 Å². The van der Waals surface area contributed by atoms with E-state index in [4.69, 9.17) is 10.8 Å². The molecule has 2 rings (SSSR count). The number of benzene rings is 1. The lowest BCUT2D eigenvalue weighted by atomic mass is 10.0. The van der Waals surface area contributed by atoms with Gasteiger partial charge < -0.3 is 36.9 Å². The summed E-state index contributed by atoms with van der Waals surface area (Å²) in [6.07, 6.45) is 1.98. The Labute approximate surface area is 218 Å². The maximum Gasteiger partial charge on any atom is 0.326 e. The van der Waals surface area contributed by atoms with Crippen molar-refractivity contribution in [2.45, 2.75) is 49.9 Å². The molecule has 2 aromatic rings. The zero-order valence-corrected chi connectivity index (χ0v) is 20.7. The molecule has 0 bridgehead atoms. The number of carbonyl (C=O) groups is 5. The Kier molecular flexibility index (Phi) is 11.6. The van der Waals surface area contributed by atoms with Gasteiger partial charge in [-0.25, -0.2) is 9.78 Å². The van der Waals surface area contributed by atoms with E-state index in [2.05, 4.69) is 38.5 Å². The van der Waals surface area contributed by atoms with E-state index in [1.807, 2.05) is 0 Å². The third-order valence-corrected chi connectivity index (χ3v) is 5.72. The van der Waals surface area contributed by atoms with Gasteiger partial charge in [0.1, 0.15) is 18.1 Å². The Bertz CT molecular complexity index is 1070. The highest BCUT2D eigenvalue weighted by atomic mass is 32.1. The Morgan fingerprint density at radius 1 is 0.919 bits per heavy atom. The minimum Gasteiger partial charge on any atom is -0.481 e. The van der Waals surface area contributed by atoms with Crippen LogP contribution < -0.4 is 21.7 Å². The average molecular weight is 535 g/mol. The fourth-order valence-corrected chi connectivity index (χ4v) is 3.48. The number of carboxylic acids is 2. The van der Waals surface area contributed by atoms with E-state index in [0.717, 1.165) is 5.56 Å². The summed E-state index contributed by atoms with van der Waals surface area (Å²) in [7, 11) is 0. The first-order chi connectivity index (χ1) is 17.6. The topological polar surface area (TPSA) is 217 Å². The molecule has 0 saturated carbocycles. The molecule has 37 heavy (non-hydrogen) atoms. The molecule has 0 saturated heterocycles. The van der Waals surface area contributed by atoms with Crippen molar-refractivity contribution >= 4 is 42.3 Å². The van der Waals surface area contributed by atoms with E-state index >= 15 is 0 Å². The number of carboxylic acid groups (broad SMARTS) is 2. The minimum atomic E-state index is -1.49. The summed E-state index contributed by atoms with van der Waals surface area (Å²) in [5.41, 5.74) is 6.94. The fraction of sp³-hybridized carbons (Fsp3) is 0.391. The van der Waals surface area contributed by atoms with E-state index in [-0.39, 0.29) is 25.0 Å². The summed E-state index contributed by atoms with van der Waals surface area (Å²) >= 11 is 4.00. The molecule has 0 aliphatic rings. The summed E-state index contributed by atoms with van der Waals surface area (Å²) < 4.78 is 0. The number of aromatic nitrogens is 2. The van der Waals surface area contributed by atoms with Crippen molar-refractivity contribution < 1.29 is 34.2 Å². The van der Waals surface area contributed by atoms with Crippen LogP contribution in [-0.4, -0.2) is 79.8 Å². The molecule has 0 aliphatic heterocycles. The number of nitrogens with one attached hydrogen (secondary N) is 4. The molecule has 0 spiro atoms. The molecule has 8 N–H and O–H groups in total. The van der Waals surface area contributed by atoms with Gasteiger partial charge in [-0.2, -0.15) is 12.6 Å². The van der Waals surface area contributed by atoms with Gasteiger partial charge >= 0.3 is 11.9 Å². The van der Waals surface area contributed by atoms with Crippen molar-refractivity contribution in [3.8, 4) is 0 Å². The number of carbonyl (C=O) groups excluding carboxylic acids is 3. The number of H-pyrrole nitrogens is 1. The van der Waals surface area contributed by atoms with Gasteiger partial charge in [0.2, 0.25) is 17.7 Å². The number of thiol groups is 1. The molecule has 4 atom stereocenters. The first-order valence-corrected chi connectivity index (χ1v) is 12.0. The monoisotopic (exact) mass is 534 g/mol. The quantitative estimate of drug-likeness (QED) is 0.129. The molecule has 1 heterocycles. The molecule has 200 valence electrons. The lowest BCUT2D eigenvalue weighted by Crippen LogP contribution is -2.58. The summed E-state index contributed by atoms with van der Waals surface area (Å²) in [6.45, 7) is 0. The van der Waals surface area contributed by atoms with E-state index in [0.29, 0.717) is 5.69 Å². The molecule has 3 amide bonds. The predicted octanol–water partition coefficient (Wildman–Crippen LogP) is -1.14. The number of rotatable bonds is 15. The zero-order chi connectivity index (χ0) is 27.4. The van der Waals surface area contributed by atoms with Crippen molar-refractivity contribution in [1.29, 1.82) is 0 Å². The van der Waals surface area contributed by atoms with E-state index < -0.39 is 60.2 Å². The van der Waals surface area contributed by atoms with Gasteiger partial charge in [-0.05, 0) is 12.0 Å². The van der Waals surface area contributed by atoms with Crippen LogP contribution in [-0.2, 0) is 36.8 Å². The standard InChI is InChI=1S/C23H30N6O7S/c24-15(11-37)20(32)28-17(8-13-4-2-1-3-5-13)21(33)29-18(9-14-10-25-12-26-14)22(34)27-16(23(35)36)6-7-19(30)31/h1-5,10,12,15-18,37H,6-9,11,24H2,(H,25,26)(H,27,34)(H,28,32)(H,29,33)(H,30,31)(H,35,36). The van der Waals surface area contributed by atoms with Gasteiger partial charge in [-0.15, -0.1) is 0 Å². The average Bonchev–Trinajstić information content (AvgIpc) is 3.38. The number of amides is 3. The highest BCUT2D eigenvalue weighted by Crippen LogP contribution is 2.07. The molecule has 0 fully saturated rings. The third-order valence-electron chi connectivity index (χ3n) is 5.32. The molecule has 14 heteroatoms. The van der Waals surface area contributed by atoms with E-state index in [1.165, 1.54) is 12.5 Å². The van der Waals surface area contributed by atoms with Crippen molar-refractivity contribution in [2.24, 2.45) is 5.73 Å². The maximum atomic E-state index is 13.3. The van der Waals surface area contributed by atoms with Gasteiger partial charge in [0.25, 0.3) is 0 Å². The number of hydrogen-bond acceptors (Lipinski definition) is 8. The lowest BCUT2D eigenvalue weighted by molar-refractivity contribution is -0.143. The Morgan fingerprint density at radius 3 is 2.05 bits per heavy atom. The lowest BCUT2D eigenvalue weighted by Gasteiger charge is -2.25. The van der Waals surface area contributed by atoms with Crippen LogP contribution in [0.15, 0.2) is 42.9 Å². The molecule has 4 unspecified atom stereocenters. The van der Waals surface area contributed by atoms with Crippen LogP contribution in [0.5, 0.6) is 0 Å². The summed E-state index contributed by atoms with van der Waals surface area (Å²) in [5.74, 6) is -4.76. The Hall–Kier alpha value is -3.91. The smallest absolute Gasteiger partial charge is 0.326 e. The molecule has 1 aromatic heterocycles. The van der Waals surface area contributed by atoms with Gasteiger partial charge in [0.15, 0.2) is 0 Å². The minimum absolute atomic E-state index is 0.0449. The van der Waals surface area contributed by atoms with Crippen molar-refractivity contribution in [3.63, 3.8) is 0 Å². The second-order valence-electron chi connectivity index (χ2n) is 8.21. The molecule has 0 radical (unpaired) electrons. The first-order valence-electron chi connectivity index (χ1n) is 11.3. The van der Waals surface area contributed by atoms with Gasteiger partial charge in [0, 0.05) is 36.9 Å².